The third kappa shape index (κ3) is 1.96. The van der Waals surface area contributed by atoms with Crippen molar-refractivity contribution < 1.29 is 9.90 Å². The molecule has 1 aromatic heterocycles. The summed E-state index contributed by atoms with van der Waals surface area (Å²) in [5.41, 5.74) is 0.873. The highest BCUT2D eigenvalue weighted by molar-refractivity contribution is 6.45. The molecule has 0 atom stereocenters. The molecule has 18 heavy (non-hydrogen) atoms. The third-order valence-electron chi connectivity index (χ3n) is 2.47. The van der Waals surface area contributed by atoms with Crippen molar-refractivity contribution in [1.82, 2.24) is 4.98 Å². The number of aromatic nitrogens is 1. The van der Waals surface area contributed by atoms with Crippen molar-refractivity contribution in [2.24, 2.45) is 0 Å². The van der Waals surface area contributed by atoms with Crippen LogP contribution in [0.15, 0.2) is 18.3 Å². The van der Waals surface area contributed by atoms with E-state index in [1.807, 2.05) is 0 Å². The largest absolute Gasteiger partial charge is 0.465 e. The van der Waals surface area contributed by atoms with Crippen molar-refractivity contribution in [2.75, 3.05) is 11.4 Å². The average molecular weight is 284 g/mol. The first-order valence-electron chi connectivity index (χ1n) is 4.88. The van der Waals surface area contributed by atoms with E-state index in [1.165, 1.54) is 6.07 Å². The van der Waals surface area contributed by atoms with E-state index in [1.54, 1.807) is 18.3 Å². The maximum absolute atomic E-state index is 11.1. The molecule has 0 radical (unpaired) electrons. The van der Waals surface area contributed by atoms with Crippen molar-refractivity contribution >= 4 is 45.9 Å². The Labute approximate surface area is 112 Å². The summed E-state index contributed by atoms with van der Waals surface area (Å²) >= 11 is 12.0. The lowest BCUT2D eigenvalue weighted by molar-refractivity contribution is 0.202. The zero-order chi connectivity index (χ0) is 13.3. The summed E-state index contributed by atoms with van der Waals surface area (Å²) in [6.07, 6.45) is 0.403. The molecule has 0 saturated carbocycles. The average Bonchev–Trinajstić information content (AvgIpc) is 2.80. The normalized spacial score (nSPS) is 10.3. The van der Waals surface area contributed by atoms with Gasteiger partial charge in [0.05, 0.1) is 27.3 Å². The van der Waals surface area contributed by atoms with Gasteiger partial charge in [-0.05, 0) is 12.1 Å². The van der Waals surface area contributed by atoms with Gasteiger partial charge in [0.25, 0.3) is 0 Å². The van der Waals surface area contributed by atoms with E-state index >= 15 is 0 Å². The molecule has 0 fully saturated rings. The summed E-state index contributed by atoms with van der Waals surface area (Å²) in [5.74, 6) is 0. The van der Waals surface area contributed by atoms with Crippen LogP contribution in [0, 0.1) is 11.3 Å². The molecule has 5 nitrogen and oxygen atoms in total. The second-order valence-electron chi connectivity index (χ2n) is 3.48. The predicted octanol–water partition coefficient (Wildman–Crippen LogP) is 3.48. The maximum Gasteiger partial charge on any atom is 0.412 e. The molecule has 0 saturated heterocycles. The maximum atomic E-state index is 11.1. The number of carboxylic acid groups (broad SMARTS) is 1. The fourth-order valence-corrected chi connectivity index (χ4v) is 2.10. The predicted molar refractivity (Wildman–Crippen MR) is 69.3 cm³/mol. The van der Waals surface area contributed by atoms with Gasteiger partial charge in [-0.2, -0.15) is 5.26 Å². The first-order valence-corrected chi connectivity index (χ1v) is 5.64. The van der Waals surface area contributed by atoms with Gasteiger partial charge in [-0.1, -0.05) is 23.2 Å². The molecule has 0 spiro atoms. The number of nitrogens with zero attached hydrogens (tertiary/aromatic N) is 2. The fraction of sp³-hybridized carbons (Fsp3) is 0.0909. The molecular formula is C11H7Cl2N3O2. The summed E-state index contributed by atoms with van der Waals surface area (Å²) < 4.78 is 0. The lowest BCUT2D eigenvalue weighted by atomic mass is 10.2. The molecule has 2 aromatic rings. The number of H-pyrrole nitrogens is 1. The molecule has 1 amide bonds. The number of halogens is 2. The van der Waals surface area contributed by atoms with Crippen LogP contribution >= 0.6 is 23.2 Å². The molecule has 92 valence electrons. The van der Waals surface area contributed by atoms with Crippen LogP contribution < -0.4 is 4.90 Å². The SMILES string of the molecule is N#CCN(C(=O)O)c1cc(Cl)c(Cl)c2[nH]ccc12. The van der Waals surface area contributed by atoms with E-state index in [0.717, 1.165) is 4.90 Å². The lowest BCUT2D eigenvalue weighted by Gasteiger charge is -2.17. The number of hydrogen-bond donors (Lipinski definition) is 2. The van der Waals surface area contributed by atoms with Gasteiger partial charge in [0, 0.05) is 11.6 Å². The Kier molecular flexibility index (Phi) is 3.32. The van der Waals surface area contributed by atoms with Gasteiger partial charge in [-0.15, -0.1) is 0 Å². The molecular weight excluding hydrogens is 277 g/mol. The number of hydrogen-bond acceptors (Lipinski definition) is 2. The summed E-state index contributed by atoms with van der Waals surface area (Å²) in [6, 6.07) is 4.91. The number of amides is 1. The number of anilines is 1. The zero-order valence-electron chi connectivity index (χ0n) is 8.94. The molecule has 1 aromatic carbocycles. The van der Waals surface area contributed by atoms with Crippen molar-refractivity contribution in [1.29, 1.82) is 5.26 Å². The van der Waals surface area contributed by atoms with Gasteiger partial charge in [-0.25, -0.2) is 4.79 Å². The van der Waals surface area contributed by atoms with E-state index in [9.17, 15) is 4.79 Å². The topological polar surface area (TPSA) is 80.1 Å². The second kappa shape index (κ2) is 4.77. The number of fused-ring (bicyclic) bond motifs is 1. The Morgan fingerprint density at radius 3 is 2.89 bits per heavy atom. The molecule has 0 aliphatic heterocycles. The minimum absolute atomic E-state index is 0.228. The van der Waals surface area contributed by atoms with Gasteiger partial charge in [-0.3, -0.25) is 4.90 Å². The summed E-state index contributed by atoms with van der Waals surface area (Å²) in [4.78, 5) is 14.9. The smallest absolute Gasteiger partial charge is 0.412 e. The first-order chi connectivity index (χ1) is 8.56. The van der Waals surface area contributed by atoms with Crippen molar-refractivity contribution in [2.45, 2.75) is 0 Å². The van der Waals surface area contributed by atoms with Crippen molar-refractivity contribution in [3.63, 3.8) is 0 Å². The Balaban J connectivity index is 2.70. The number of rotatable bonds is 2. The monoisotopic (exact) mass is 283 g/mol. The molecule has 1 heterocycles. The number of nitrogens with one attached hydrogen (secondary N) is 1. The first kappa shape index (κ1) is 12.6. The number of carbonyl (C=O) groups is 1. The van der Waals surface area contributed by atoms with Crippen molar-refractivity contribution in [3.8, 4) is 6.07 Å². The quantitative estimate of drug-likeness (QED) is 0.828. The molecule has 0 bridgehead atoms. The van der Waals surface area contributed by atoms with Gasteiger partial charge < -0.3 is 10.1 Å². The Morgan fingerprint density at radius 1 is 1.56 bits per heavy atom. The van der Waals surface area contributed by atoms with E-state index in [0.29, 0.717) is 21.6 Å². The minimum Gasteiger partial charge on any atom is -0.465 e. The van der Waals surface area contributed by atoms with Crippen LogP contribution in [-0.4, -0.2) is 22.7 Å². The van der Waals surface area contributed by atoms with Crippen molar-refractivity contribution in [3.05, 3.63) is 28.4 Å². The molecule has 2 N–H and O–H groups in total. The lowest BCUT2D eigenvalue weighted by Crippen LogP contribution is -2.29. The standard InChI is InChI=1S/C11H7Cl2N3O2/c12-7-5-8(16(4-2-14)11(17)18)6-1-3-15-10(6)9(7)13/h1,3,5,15H,4H2,(H,17,18). The van der Waals surface area contributed by atoms with Crippen LogP contribution in [0.3, 0.4) is 0 Å². The molecule has 0 aliphatic carbocycles. The second-order valence-corrected chi connectivity index (χ2v) is 4.27. The highest BCUT2D eigenvalue weighted by Gasteiger charge is 2.20. The molecule has 7 heteroatoms. The van der Waals surface area contributed by atoms with Crippen LogP contribution in [0.2, 0.25) is 10.0 Å². The highest BCUT2D eigenvalue weighted by atomic mass is 35.5. The van der Waals surface area contributed by atoms with Gasteiger partial charge in [0.15, 0.2) is 0 Å². The van der Waals surface area contributed by atoms with Crippen LogP contribution in [-0.2, 0) is 0 Å². The van der Waals surface area contributed by atoms with E-state index in [4.69, 9.17) is 33.6 Å². The fourth-order valence-electron chi connectivity index (χ4n) is 1.69. The Bertz CT molecular complexity index is 660. The number of aromatic amines is 1. The third-order valence-corrected chi connectivity index (χ3v) is 3.25. The number of nitriles is 1. The molecule has 0 aliphatic rings. The number of benzene rings is 1. The van der Waals surface area contributed by atoms with E-state index < -0.39 is 6.09 Å². The van der Waals surface area contributed by atoms with Crippen LogP contribution in [0.25, 0.3) is 10.9 Å². The Hall–Kier alpha value is -1.90. The zero-order valence-corrected chi connectivity index (χ0v) is 10.5. The molecule has 2 rings (SSSR count). The van der Waals surface area contributed by atoms with Gasteiger partial charge in [0.2, 0.25) is 0 Å². The van der Waals surface area contributed by atoms with E-state index in [2.05, 4.69) is 4.98 Å². The molecule has 0 unspecified atom stereocenters. The minimum atomic E-state index is -1.22. The van der Waals surface area contributed by atoms with E-state index in [-0.39, 0.29) is 11.6 Å². The van der Waals surface area contributed by atoms with Gasteiger partial charge in [0.1, 0.15) is 6.54 Å². The highest BCUT2D eigenvalue weighted by Crippen LogP contribution is 2.37. The Morgan fingerprint density at radius 2 is 2.28 bits per heavy atom. The van der Waals surface area contributed by atoms with Crippen LogP contribution in [0.5, 0.6) is 0 Å². The summed E-state index contributed by atoms with van der Waals surface area (Å²) in [6.45, 7) is -0.284. The van der Waals surface area contributed by atoms with Crippen LogP contribution in [0.1, 0.15) is 0 Å². The van der Waals surface area contributed by atoms with Gasteiger partial charge >= 0.3 is 6.09 Å². The summed E-state index contributed by atoms with van der Waals surface area (Å²) in [5, 5.41) is 18.9. The summed E-state index contributed by atoms with van der Waals surface area (Å²) in [7, 11) is 0. The van der Waals surface area contributed by atoms with Crippen LogP contribution in [0.4, 0.5) is 10.5 Å².